The number of imidazole rings is 1. The number of carbonyl (C=O) groups is 1. The standard InChI is InChI=1S/C18H20N6O2/c25-16-6-12-8-23(18(26)17-19-9-21-22-17)7-11(12)5-15(16)24-10-20-13-3-1-2-4-14(13)24/h1-4,9-12,15-16,25H,5-8H2,(H,19,21,22)/t11-,12+,15-,16-/m1/s1. The van der Waals surface area contributed by atoms with Gasteiger partial charge in [0, 0.05) is 13.1 Å². The zero-order valence-corrected chi connectivity index (χ0v) is 14.2. The first-order chi connectivity index (χ1) is 12.7. The number of nitrogens with one attached hydrogen (secondary N) is 1. The van der Waals surface area contributed by atoms with Crippen LogP contribution in [0.4, 0.5) is 0 Å². The van der Waals surface area contributed by atoms with Crippen molar-refractivity contribution in [1.29, 1.82) is 0 Å². The number of rotatable bonds is 2. The number of benzene rings is 1. The Hall–Kier alpha value is -2.74. The quantitative estimate of drug-likeness (QED) is 0.723. The van der Waals surface area contributed by atoms with Gasteiger partial charge in [-0.25, -0.2) is 9.97 Å². The Morgan fingerprint density at radius 3 is 2.77 bits per heavy atom. The molecule has 3 aromatic rings. The summed E-state index contributed by atoms with van der Waals surface area (Å²) in [5, 5.41) is 17.2. The second-order valence-electron chi connectivity index (χ2n) is 7.31. The number of aromatic amines is 1. The van der Waals surface area contributed by atoms with Crippen molar-refractivity contribution < 1.29 is 9.90 Å². The predicted molar refractivity (Wildman–Crippen MR) is 93.3 cm³/mol. The molecule has 5 rings (SSSR count). The average Bonchev–Trinajstić information content (AvgIpc) is 3.39. The van der Waals surface area contributed by atoms with Crippen molar-refractivity contribution in [2.75, 3.05) is 13.1 Å². The zero-order chi connectivity index (χ0) is 17.7. The van der Waals surface area contributed by atoms with E-state index in [1.165, 1.54) is 6.33 Å². The molecule has 3 heterocycles. The third-order valence-electron chi connectivity index (χ3n) is 5.85. The van der Waals surface area contributed by atoms with Gasteiger partial charge in [-0.2, -0.15) is 5.10 Å². The Labute approximate surface area is 149 Å². The van der Waals surface area contributed by atoms with Gasteiger partial charge in [0.25, 0.3) is 5.91 Å². The Kier molecular flexibility index (Phi) is 3.53. The van der Waals surface area contributed by atoms with Crippen LogP contribution in [-0.4, -0.2) is 59.8 Å². The molecular weight excluding hydrogens is 332 g/mol. The summed E-state index contributed by atoms with van der Waals surface area (Å²) < 4.78 is 2.09. The SMILES string of the molecule is O=C(c1ncn[nH]1)N1C[C@H]2C[C@@H](n3cnc4ccccc43)[C@H](O)C[C@H]2C1. The lowest BCUT2D eigenvalue weighted by molar-refractivity contribution is 0.0374. The minimum absolute atomic E-state index is 0.0102. The van der Waals surface area contributed by atoms with E-state index in [0.29, 0.717) is 31.3 Å². The number of para-hydroxylation sites is 2. The van der Waals surface area contributed by atoms with Crippen LogP contribution in [0.5, 0.6) is 0 Å². The Balaban J connectivity index is 1.38. The lowest BCUT2D eigenvalue weighted by Crippen LogP contribution is -2.36. The molecule has 1 saturated heterocycles. The van der Waals surface area contributed by atoms with Gasteiger partial charge in [-0.1, -0.05) is 12.1 Å². The van der Waals surface area contributed by atoms with E-state index in [9.17, 15) is 9.90 Å². The lowest BCUT2D eigenvalue weighted by Gasteiger charge is -2.36. The Morgan fingerprint density at radius 2 is 1.96 bits per heavy atom. The maximum absolute atomic E-state index is 12.5. The van der Waals surface area contributed by atoms with Crippen LogP contribution in [0.25, 0.3) is 11.0 Å². The van der Waals surface area contributed by atoms with Crippen LogP contribution in [0.1, 0.15) is 29.5 Å². The summed E-state index contributed by atoms with van der Waals surface area (Å²) in [6.45, 7) is 1.36. The third kappa shape index (κ3) is 2.40. The summed E-state index contributed by atoms with van der Waals surface area (Å²) in [4.78, 5) is 22.8. The minimum Gasteiger partial charge on any atom is -0.391 e. The maximum Gasteiger partial charge on any atom is 0.291 e. The molecule has 0 spiro atoms. The van der Waals surface area contributed by atoms with Crippen molar-refractivity contribution in [2.24, 2.45) is 11.8 Å². The van der Waals surface area contributed by atoms with E-state index in [0.717, 1.165) is 17.5 Å². The van der Waals surface area contributed by atoms with Crippen LogP contribution < -0.4 is 0 Å². The van der Waals surface area contributed by atoms with Crippen molar-refractivity contribution in [3.63, 3.8) is 0 Å². The molecule has 0 unspecified atom stereocenters. The van der Waals surface area contributed by atoms with Crippen molar-refractivity contribution in [2.45, 2.75) is 25.0 Å². The van der Waals surface area contributed by atoms with Gasteiger partial charge >= 0.3 is 0 Å². The van der Waals surface area contributed by atoms with Crippen molar-refractivity contribution in [1.82, 2.24) is 29.6 Å². The van der Waals surface area contributed by atoms with Gasteiger partial charge in [0.05, 0.1) is 29.5 Å². The zero-order valence-electron chi connectivity index (χ0n) is 14.2. The number of likely N-dealkylation sites (tertiary alicyclic amines) is 1. The molecule has 0 radical (unpaired) electrons. The fourth-order valence-corrected chi connectivity index (χ4v) is 4.57. The largest absolute Gasteiger partial charge is 0.391 e. The number of hydrogen-bond donors (Lipinski definition) is 2. The van der Waals surface area contributed by atoms with E-state index in [1.807, 2.05) is 35.5 Å². The predicted octanol–water partition coefficient (Wildman–Crippen LogP) is 1.24. The molecule has 2 aliphatic rings. The van der Waals surface area contributed by atoms with Gasteiger partial charge in [0.1, 0.15) is 6.33 Å². The molecule has 2 fully saturated rings. The number of amides is 1. The molecule has 8 nitrogen and oxygen atoms in total. The molecule has 2 N–H and O–H groups in total. The molecule has 1 aromatic carbocycles. The number of nitrogens with zero attached hydrogens (tertiary/aromatic N) is 5. The van der Waals surface area contributed by atoms with E-state index in [-0.39, 0.29) is 17.8 Å². The highest BCUT2D eigenvalue weighted by Gasteiger charge is 2.44. The number of hydrogen-bond acceptors (Lipinski definition) is 5. The topological polar surface area (TPSA) is 99.9 Å². The number of carbonyl (C=O) groups excluding carboxylic acids is 1. The first kappa shape index (κ1) is 15.5. The van der Waals surface area contributed by atoms with Crippen LogP contribution in [-0.2, 0) is 0 Å². The number of fused-ring (bicyclic) bond motifs is 2. The molecular formula is C18H20N6O2. The van der Waals surface area contributed by atoms with Crippen LogP contribution in [0.3, 0.4) is 0 Å². The molecule has 1 aliphatic carbocycles. The van der Waals surface area contributed by atoms with E-state index >= 15 is 0 Å². The summed E-state index contributed by atoms with van der Waals surface area (Å²) in [7, 11) is 0. The summed E-state index contributed by atoms with van der Waals surface area (Å²) >= 11 is 0. The molecule has 8 heteroatoms. The summed E-state index contributed by atoms with van der Waals surface area (Å²) in [5.74, 6) is 0.858. The van der Waals surface area contributed by atoms with Gasteiger partial charge in [-0.05, 0) is 36.8 Å². The van der Waals surface area contributed by atoms with Crippen molar-refractivity contribution in [3.8, 4) is 0 Å². The number of aromatic nitrogens is 5. The molecule has 4 atom stereocenters. The third-order valence-corrected chi connectivity index (χ3v) is 5.85. The second kappa shape index (κ2) is 5.91. The molecule has 0 bridgehead atoms. The van der Waals surface area contributed by atoms with Gasteiger partial charge in [-0.15, -0.1) is 0 Å². The van der Waals surface area contributed by atoms with Crippen molar-refractivity contribution >= 4 is 16.9 Å². The van der Waals surface area contributed by atoms with Crippen LogP contribution in [0.15, 0.2) is 36.9 Å². The monoisotopic (exact) mass is 352 g/mol. The molecule has 1 saturated carbocycles. The van der Waals surface area contributed by atoms with E-state index < -0.39 is 6.10 Å². The van der Waals surface area contributed by atoms with Gasteiger partial charge in [0.15, 0.2) is 0 Å². The summed E-state index contributed by atoms with van der Waals surface area (Å²) in [6.07, 6.45) is 4.27. The van der Waals surface area contributed by atoms with E-state index in [2.05, 4.69) is 24.7 Å². The van der Waals surface area contributed by atoms with Crippen molar-refractivity contribution in [3.05, 3.63) is 42.7 Å². The first-order valence-electron chi connectivity index (χ1n) is 8.95. The second-order valence-corrected chi connectivity index (χ2v) is 7.31. The van der Waals surface area contributed by atoms with Gasteiger partial charge < -0.3 is 14.6 Å². The fraction of sp³-hybridized carbons (Fsp3) is 0.444. The normalized spacial score (nSPS) is 28.4. The summed E-state index contributed by atoms with van der Waals surface area (Å²) in [5.41, 5.74) is 1.98. The number of aliphatic hydroxyl groups is 1. The fourth-order valence-electron chi connectivity index (χ4n) is 4.57. The molecule has 134 valence electrons. The molecule has 1 aliphatic heterocycles. The molecule has 1 amide bonds. The van der Waals surface area contributed by atoms with E-state index in [4.69, 9.17) is 0 Å². The number of H-pyrrole nitrogens is 1. The summed E-state index contributed by atoms with van der Waals surface area (Å²) in [6, 6.07) is 7.97. The van der Waals surface area contributed by atoms with Gasteiger partial charge in [0.2, 0.25) is 5.82 Å². The van der Waals surface area contributed by atoms with Crippen LogP contribution in [0, 0.1) is 11.8 Å². The highest BCUT2D eigenvalue weighted by molar-refractivity contribution is 5.90. The van der Waals surface area contributed by atoms with E-state index in [1.54, 1.807) is 0 Å². The van der Waals surface area contributed by atoms with Gasteiger partial charge in [-0.3, -0.25) is 9.89 Å². The highest BCUT2D eigenvalue weighted by atomic mass is 16.3. The molecule has 2 aromatic heterocycles. The maximum atomic E-state index is 12.5. The van der Waals surface area contributed by atoms with Crippen LogP contribution in [0.2, 0.25) is 0 Å². The number of aliphatic hydroxyl groups excluding tert-OH is 1. The minimum atomic E-state index is -0.436. The average molecular weight is 352 g/mol. The highest BCUT2D eigenvalue weighted by Crippen LogP contribution is 2.42. The first-order valence-corrected chi connectivity index (χ1v) is 8.95. The lowest BCUT2D eigenvalue weighted by atomic mass is 9.77. The molecule has 26 heavy (non-hydrogen) atoms. The Bertz CT molecular complexity index is 936. The Morgan fingerprint density at radius 1 is 1.15 bits per heavy atom. The van der Waals surface area contributed by atoms with Crippen LogP contribution >= 0.6 is 0 Å². The smallest absolute Gasteiger partial charge is 0.291 e.